The number of carbonyl (C=O) groups excluding carboxylic acids is 1. The highest BCUT2D eigenvalue weighted by molar-refractivity contribution is 14.1. The summed E-state index contributed by atoms with van der Waals surface area (Å²) in [6.45, 7) is 2.28. The minimum atomic E-state index is -2.77. The van der Waals surface area contributed by atoms with Gasteiger partial charge in [0.1, 0.15) is 11.4 Å². The van der Waals surface area contributed by atoms with Crippen molar-refractivity contribution in [3.8, 4) is 5.75 Å². The molecule has 0 aromatic heterocycles. The summed E-state index contributed by atoms with van der Waals surface area (Å²) in [7, 11) is -2.77. The largest absolute Gasteiger partial charge is 0.421 e. The van der Waals surface area contributed by atoms with Gasteiger partial charge < -0.3 is 21.9 Å². The third-order valence-electron chi connectivity index (χ3n) is 3.28. The van der Waals surface area contributed by atoms with Crippen molar-refractivity contribution in [3.63, 3.8) is 0 Å². The summed E-state index contributed by atoms with van der Waals surface area (Å²) >= 11 is 2.02. The second-order valence-electron chi connectivity index (χ2n) is 5.59. The van der Waals surface area contributed by atoms with Gasteiger partial charge in [0.2, 0.25) is 0 Å². The van der Waals surface area contributed by atoms with E-state index in [1.54, 1.807) is 18.2 Å². The molecule has 1 aromatic rings. The molecule has 1 rings (SSSR count). The van der Waals surface area contributed by atoms with Gasteiger partial charge in [0.25, 0.3) is 0 Å². The number of esters is 1. The van der Waals surface area contributed by atoms with Crippen LogP contribution in [0.2, 0.25) is 0 Å². The standard InChI is InChI=1S/C16H24IN5O3S/c1-2-3-7-26(21,24)8-6-13(18)15(23)25-14-5-4-11(9-12(14)17)10-22-16(19)20/h4-6,9,21H,2-3,7-8,10,18H2,1H3,(H4,19,20,22)/b13-6+. The minimum Gasteiger partial charge on any atom is -0.421 e. The SMILES string of the molecule is CCCCS(=N)(=O)C/C=C(/N)C(=O)Oc1ccc(CN=C(N)N)cc1I. The van der Waals surface area contributed by atoms with Gasteiger partial charge >= 0.3 is 5.97 Å². The highest BCUT2D eigenvalue weighted by Crippen LogP contribution is 2.23. The minimum absolute atomic E-state index is 0.00154. The highest BCUT2D eigenvalue weighted by Gasteiger charge is 2.13. The maximum absolute atomic E-state index is 12.1. The first-order valence-corrected chi connectivity index (χ1v) is 10.9. The van der Waals surface area contributed by atoms with Crippen LogP contribution in [-0.4, -0.2) is 27.6 Å². The molecule has 0 spiro atoms. The molecule has 0 aliphatic carbocycles. The summed E-state index contributed by atoms with van der Waals surface area (Å²) in [5.41, 5.74) is 17.0. The Morgan fingerprint density at radius 1 is 1.38 bits per heavy atom. The summed E-state index contributed by atoms with van der Waals surface area (Å²) < 4.78 is 25.7. The molecule has 0 saturated heterocycles. The lowest BCUT2D eigenvalue weighted by Gasteiger charge is -2.08. The summed E-state index contributed by atoms with van der Waals surface area (Å²) in [6.07, 6.45) is 2.85. The molecule has 1 atom stereocenters. The van der Waals surface area contributed by atoms with Crippen molar-refractivity contribution in [2.75, 3.05) is 11.5 Å². The lowest BCUT2D eigenvalue weighted by Crippen LogP contribution is -2.22. The third kappa shape index (κ3) is 8.04. The number of carbonyl (C=O) groups is 1. The average molecular weight is 493 g/mol. The molecule has 0 aliphatic rings. The number of ether oxygens (including phenoxy) is 1. The molecule has 1 aromatic carbocycles. The molecule has 0 fully saturated rings. The van der Waals surface area contributed by atoms with Crippen LogP contribution in [0.5, 0.6) is 5.75 Å². The Bertz CT molecular complexity index is 802. The van der Waals surface area contributed by atoms with Crippen molar-refractivity contribution in [2.45, 2.75) is 26.3 Å². The van der Waals surface area contributed by atoms with Crippen LogP contribution < -0.4 is 21.9 Å². The molecule has 0 radical (unpaired) electrons. The second-order valence-corrected chi connectivity index (χ2v) is 9.12. The van der Waals surface area contributed by atoms with Crippen molar-refractivity contribution in [1.82, 2.24) is 0 Å². The topological polar surface area (TPSA) is 158 Å². The van der Waals surface area contributed by atoms with E-state index >= 15 is 0 Å². The molecule has 0 heterocycles. The zero-order valence-corrected chi connectivity index (χ0v) is 17.5. The molecule has 0 amide bonds. The number of hydrogen-bond donors (Lipinski definition) is 4. The van der Waals surface area contributed by atoms with Crippen LogP contribution in [0.25, 0.3) is 0 Å². The molecule has 0 saturated carbocycles. The second kappa shape index (κ2) is 10.4. The average Bonchev–Trinajstić information content (AvgIpc) is 2.58. The molecular weight excluding hydrogens is 469 g/mol. The van der Waals surface area contributed by atoms with E-state index in [0.717, 1.165) is 12.0 Å². The summed E-state index contributed by atoms with van der Waals surface area (Å²) in [5.74, 6) is -0.179. The maximum atomic E-state index is 12.1. The van der Waals surface area contributed by atoms with Gasteiger partial charge in [0.05, 0.1) is 15.9 Å². The van der Waals surface area contributed by atoms with E-state index in [-0.39, 0.29) is 23.2 Å². The van der Waals surface area contributed by atoms with Crippen molar-refractivity contribution >= 4 is 44.2 Å². The first-order valence-electron chi connectivity index (χ1n) is 7.90. The fourth-order valence-corrected chi connectivity index (χ4v) is 3.90. The van der Waals surface area contributed by atoms with Crippen LogP contribution in [0, 0.1) is 8.35 Å². The molecule has 7 N–H and O–H groups in total. The molecule has 10 heteroatoms. The highest BCUT2D eigenvalue weighted by atomic mass is 127. The van der Waals surface area contributed by atoms with E-state index in [1.807, 2.05) is 29.5 Å². The van der Waals surface area contributed by atoms with E-state index in [1.165, 1.54) is 6.08 Å². The van der Waals surface area contributed by atoms with Gasteiger partial charge in [-0.25, -0.2) is 14.0 Å². The van der Waals surface area contributed by atoms with E-state index in [4.69, 9.17) is 26.7 Å². The Morgan fingerprint density at radius 2 is 2.08 bits per heavy atom. The van der Waals surface area contributed by atoms with E-state index in [2.05, 4.69) is 4.99 Å². The lowest BCUT2D eigenvalue weighted by atomic mass is 10.2. The number of nitrogens with two attached hydrogens (primary N) is 3. The zero-order valence-electron chi connectivity index (χ0n) is 14.5. The molecular formula is C16H24IN5O3S. The van der Waals surface area contributed by atoms with Crippen LogP contribution in [-0.2, 0) is 21.1 Å². The zero-order chi connectivity index (χ0) is 19.7. The first-order chi connectivity index (χ1) is 12.1. The Labute approximate surface area is 167 Å². The van der Waals surface area contributed by atoms with Gasteiger partial charge in [-0.05, 0) is 52.8 Å². The van der Waals surface area contributed by atoms with Gasteiger partial charge in [-0.1, -0.05) is 19.4 Å². The number of unbranched alkanes of at least 4 members (excludes halogenated alkanes) is 1. The molecule has 144 valence electrons. The van der Waals surface area contributed by atoms with Crippen LogP contribution in [0.1, 0.15) is 25.3 Å². The number of benzene rings is 1. The third-order valence-corrected chi connectivity index (χ3v) is 5.78. The van der Waals surface area contributed by atoms with Crippen molar-refractivity contribution < 1.29 is 13.7 Å². The van der Waals surface area contributed by atoms with Crippen molar-refractivity contribution in [2.24, 2.45) is 22.2 Å². The number of nitrogens with zero attached hydrogens (tertiary/aromatic N) is 1. The predicted octanol–water partition coefficient (Wildman–Crippen LogP) is 1.66. The van der Waals surface area contributed by atoms with E-state index < -0.39 is 15.7 Å². The normalized spacial score (nSPS) is 13.7. The van der Waals surface area contributed by atoms with Gasteiger partial charge in [-0.2, -0.15) is 0 Å². The van der Waals surface area contributed by atoms with Gasteiger partial charge in [-0.15, -0.1) is 0 Å². The van der Waals surface area contributed by atoms with Gasteiger partial charge in [-0.3, -0.25) is 4.78 Å². The molecule has 8 nitrogen and oxygen atoms in total. The van der Waals surface area contributed by atoms with Crippen LogP contribution in [0.4, 0.5) is 0 Å². The summed E-state index contributed by atoms with van der Waals surface area (Å²) in [4.78, 5) is 16.0. The summed E-state index contributed by atoms with van der Waals surface area (Å²) in [5, 5.41) is 0. The monoisotopic (exact) mass is 493 g/mol. The van der Waals surface area contributed by atoms with Crippen molar-refractivity contribution in [3.05, 3.63) is 39.1 Å². The quantitative estimate of drug-likeness (QED) is 0.102. The first kappa shape index (κ1) is 22.2. The Kier molecular flexibility index (Phi) is 8.85. The summed E-state index contributed by atoms with van der Waals surface area (Å²) in [6, 6.07) is 5.15. The van der Waals surface area contributed by atoms with Crippen LogP contribution in [0.3, 0.4) is 0 Å². The van der Waals surface area contributed by atoms with Crippen LogP contribution in [0.15, 0.2) is 35.0 Å². The lowest BCUT2D eigenvalue weighted by molar-refractivity contribution is -0.130. The van der Waals surface area contributed by atoms with Crippen molar-refractivity contribution in [1.29, 1.82) is 4.78 Å². The number of guanidine groups is 1. The molecule has 0 bridgehead atoms. The Morgan fingerprint density at radius 3 is 2.65 bits per heavy atom. The van der Waals surface area contributed by atoms with Gasteiger partial charge in [0, 0.05) is 15.5 Å². The van der Waals surface area contributed by atoms with Gasteiger partial charge in [0.15, 0.2) is 5.96 Å². The van der Waals surface area contributed by atoms with Crippen LogP contribution >= 0.6 is 22.6 Å². The number of hydrogen-bond acceptors (Lipinski definition) is 6. The predicted molar refractivity (Wildman–Crippen MR) is 112 cm³/mol. The Balaban J connectivity index is 2.74. The molecule has 0 aliphatic heterocycles. The number of rotatable bonds is 9. The number of aliphatic imine (C=N–C) groups is 1. The fourth-order valence-electron chi connectivity index (χ4n) is 1.84. The smallest absolute Gasteiger partial charge is 0.359 e. The molecule has 1 unspecified atom stereocenters. The fraction of sp³-hybridized carbons (Fsp3) is 0.375. The Hall–Kier alpha value is -1.82. The van der Waals surface area contributed by atoms with E-state index in [0.29, 0.717) is 22.3 Å². The number of nitrogens with one attached hydrogen (secondary N) is 1. The number of halogens is 1. The molecule has 26 heavy (non-hydrogen) atoms. The maximum Gasteiger partial charge on any atom is 0.359 e. The van der Waals surface area contributed by atoms with E-state index in [9.17, 15) is 9.00 Å².